The fraction of sp³-hybridized carbons (Fsp3) is 0.167. The van der Waals surface area contributed by atoms with Gasteiger partial charge in [0, 0.05) is 6.92 Å². The third-order valence-electron chi connectivity index (χ3n) is 2.06. The van der Waals surface area contributed by atoms with Crippen molar-refractivity contribution in [3.8, 4) is 5.75 Å². The smallest absolute Gasteiger partial charge is 0.308 e. The molecule has 0 aliphatic carbocycles. The molecule has 0 aromatic heterocycles. The fourth-order valence-electron chi connectivity index (χ4n) is 1.35. The van der Waals surface area contributed by atoms with E-state index in [1.807, 2.05) is 0 Å². The second-order valence-electron chi connectivity index (χ2n) is 3.65. The van der Waals surface area contributed by atoms with Crippen LogP contribution in [-0.4, -0.2) is 29.0 Å². The van der Waals surface area contributed by atoms with Crippen LogP contribution in [0.1, 0.15) is 12.5 Å². The summed E-state index contributed by atoms with van der Waals surface area (Å²) in [7, 11) is 0. The molecule has 0 unspecified atom stereocenters. The van der Waals surface area contributed by atoms with Gasteiger partial charge >= 0.3 is 5.97 Å². The summed E-state index contributed by atoms with van der Waals surface area (Å²) in [5, 5.41) is 10.8. The number of hydrogen-bond donors (Lipinski definition) is 1. The number of ether oxygens (including phenoxy) is 1. The summed E-state index contributed by atoms with van der Waals surface area (Å²) in [5.74, 6) is 0.374. The Morgan fingerprint density at radius 1 is 1.53 bits per heavy atom. The largest absolute Gasteiger partial charge is 0.427 e. The molecule has 2 rings (SSSR count). The van der Waals surface area contributed by atoms with Crippen molar-refractivity contribution < 1.29 is 14.3 Å². The molecule has 0 radical (unpaired) electrons. The third kappa shape index (κ3) is 4.22. The number of nitrogens with zero attached hydrogens (tertiary/aromatic N) is 2. The van der Waals surface area contributed by atoms with E-state index in [2.05, 4.69) is 15.5 Å². The standard InChI is InChI=1S/C12H11N3O3S/c1-8(16)18-10-4-2-3-9(5-10)6-13-15-12-14-11(17)7-19-12/h2-6H,7H2,1H3,(H,14,15,17). The first-order chi connectivity index (χ1) is 9.13. The summed E-state index contributed by atoms with van der Waals surface area (Å²) in [6.07, 6.45) is 1.52. The van der Waals surface area contributed by atoms with Crippen molar-refractivity contribution in [3.63, 3.8) is 0 Å². The van der Waals surface area contributed by atoms with Crippen LogP contribution in [0.15, 0.2) is 34.5 Å². The quantitative estimate of drug-likeness (QED) is 0.389. The zero-order valence-electron chi connectivity index (χ0n) is 10.1. The predicted octanol–water partition coefficient (Wildman–Crippen LogP) is 1.16. The number of carbonyl (C=O) groups is 2. The van der Waals surface area contributed by atoms with Gasteiger partial charge < -0.3 is 10.1 Å². The number of carbonyl (C=O) groups excluding carboxylic acids is 2. The summed E-state index contributed by atoms with van der Waals surface area (Å²) in [4.78, 5) is 21.7. The molecule has 1 fully saturated rings. The molecule has 1 aliphatic rings. The van der Waals surface area contributed by atoms with Gasteiger partial charge in [0.15, 0.2) is 5.17 Å². The second kappa shape index (κ2) is 6.14. The van der Waals surface area contributed by atoms with E-state index in [4.69, 9.17) is 4.74 Å². The van der Waals surface area contributed by atoms with Crippen LogP contribution in [0.2, 0.25) is 0 Å². The van der Waals surface area contributed by atoms with Crippen molar-refractivity contribution in [2.75, 3.05) is 5.75 Å². The second-order valence-corrected chi connectivity index (χ2v) is 4.62. The van der Waals surface area contributed by atoms with Crippen LogP contribution in [0.25, 0.3) is 0 Å². The summed E-state index contributed by atoms with van der Waals surface area (Å²) < 4.78 is 4.95. The number of hydrogen-bond acceptors (Lipinski definition) is 6. The highest BCUT2D eigenvalue weighted by Gasteiger charge is 2.15. The summed E-state index contributed by atoms with van der Waals surface area (Å²) in [6.45, 7) is 1.34. The Balaban J connectivity index is 2.02. The number of thioether (sulfide) groups is 1. The van der Waals surface area contributed by atoms with Gasteiger partial charge in [-0.2, -0.15) is 5.10 Å². The van der Waals surface area contributed by atoms with Crippen LogP contribution < -0.4 is 10.1 Å². The highest BCUT2D eigenvalue weighted by molar-refractivity contribution is 8.15. The first-order valence-electron chi connectivity index (χ1n) is 5.45. The molecule has 1 aliphatic heterocycles. The van der Waals surface area contributed by atoms with Gasteiger partial charge in [-0.15, -0.1) is 5.10 Å². The SMILES string of the molecule is CC(=O)Oc1cccc(C=NN=C2NC(=O)CS2)c1. The first kappa shape index (κ1) is 13.3. The third-order valence-corrected chi connectivity index (χ3v) is 2.93. The lowest BCUT2D eigenvalue weighted by Gasteiger charge is -2.00. The predicted molar refractivity (Wildman–Crippen MR) is 73.4 cm³/mol. The minimum absolute atomic E-state index is 0.0733. The Morgan fingerprint density at radius 3 is 3.05 bits per heavy atom. The Labute approximate surface area is 113 Å². The van der Waals surface area contributed by atoms with E-state index in [9.17, 15) is 9.59 Å². The number of nitrogens with one attached hydrogen (secondary N) is 1. The van der Waals surface area contributed by atoms with Crippen LogP contribution >= 0.6 is 11.8 Å². The molecule has 98 valence electrons. The average Bonchev–Trinajstić information content (AvgIpc) is 2.75. The van der Waals surface area contributed by atoms with E-state index in [1.165, 1.54) is 24.9 Å². The van der Waals surface area contributed by atoms with Gasteiger partial charge in [-0.1, -0.05) is 23.9 Å². The van der Waals surface area contributed by atoms with E-state index < -0.39 is 0 Å². The van der Waals surface area contributed by atoms with Crippen molar-refractivity contribution in [1.82, 2.24) is 5.32 Å². The zero-order chi connectivity index (χ0) is 13.7. The van der Waals surface area contributed by atoms with Crippen molar-refractivity contribution in [2.24, 2.45) is 10.2 Å². The van der Waals surface area contributed by atoms with E-state index >= 15 is 0 Å². The number of amides is 1. The Morgan fingerprint density at radius 2 is 2.37 bits per heavy atom. The van der Waals surface area contributed by atoms with Crippen LogP contribution in [0.3, 0.4) is 0 Å². The lowest BCUT2D eigenvalue weighted by molar-refractivity contribution is -0.131. The molecule has 0 bridgehead atoms. The van der Waals surface area contributed by atoms with Crippen molar-refractivity contribution in [1.29, 1.82) is 0 Å². The maximum Gasteiger partial charge on any atom is 0.308 e. The highest BCUT2D eigenvalue weighted by atomic mass is 32.2. The lowest BCUT2D eigenvalue weighted by Crippen LogP contribution is -2.19. The van der Waals surface area contributed by atoms with Gasteiger partial charge in [0.1, 0.15) is 5.75 Å². The zero-order valence-corrected chi connectivity index (χ0v) is 10.9. The number of rotatable bonds is 3. The maximum atomic E-state index is 10.9. The van der Waals surface area contributed by atoms with E-state index in [-0.39, 0.29) is 11.9 Å². The highest BCUT2D eigenvalue weighted by Crippen LogP contribution is 2.12. The van der Waals surface area contributed by atoms with Gasteiger partial charge in [-0.3, -0.25) is 9.59 Å². The van der Waals surface area contributed by atoms with E-state index in [0.717, 1.165) is 5.56 Å². The van der Waals surface area contributed by atoms with Crippen LogP contribution in [0.4, 0.5) is 0 Å². The molecule has 0 saturated carbocycles. The van der Waals surface area contributed by atoms with Crippen LogP contribution in [0.5, 0.6) is 5.75 Å². The minimum atomic E-state index is -0.376. The monoisotopic (exact) mass is 277 g/mol. The maximum absolute atomic E-state index is 10.9. The molecule has 1 N–H and O–H groups in total. The van der Waals surface area contributed by atoms with Gasteiger partial charge in [0.05, 0.1) is 12.0 Å². The fourth-order valence-corrected chi connectivity index (χ4v) is 1.98. The Kier molecular flexibility index (Phi) is 4.30. The Hall–Kier alpha value is -2.15. The van der Waals surface area contributed by atoms with E-state index in [0.29, 0.717) is 16.7 Å². The Bertz CT molecular complexity index is 569. The lowest BCUT2D eigenvalue weighted by atomic mass is 10.2. The minimum Gasteiger partial charge on any atom is -0.427 e. The van der Waals surface area contributed by atoms with Gasteiger partial charge in [0.2, 0.25) is 5.91 Å². The molecular formula is C12H11N3O3S. The van der Waals surface area contributed by atoms with Crippen molar-refractivity contribution >= 4 is 35.0 Å². The first-order valence-corrected chi connectivity index (χ1v) is 6.44. The molecule has 6 nitrogen and oxygen atoms in total. The van der Waals surface area contributed by atoms with Gasteiger partial charge in [-0.05, 0) is 17.7 Å². The summed E-state index contributed by atoms with van der Waals surface area (Å²) in [6, 6.07) is 6.90. The molecule has 1 saturated heterocycles. The van der Waals surface area contributed by atoms with E-state index in [1.54, 1.807) is 24.3 Å². The van der Waals surface area contributed by atoms with Gasteiger partial charge in [-0.25, -0.2) is 0 Å². The van der Waals surface area contributed by atoms with Crippen LogP contribution in [-0.2, 0) is 9.59 Å². The molecule has 0 spiro atoms. The molecule has 0 atom stereocenters. The van der Waals surface area contributed by atoms with Crippen molar-refractivity contribution in [2.45, 2.75) is 6.92 Å². The van der Waals surface area contributed by atoms with Crippen molar-refractivity contribution in [3.05, 3.63) is 29.8 Å². The number of amidine groups is 1. The molecule has 1 amide bonds. The molecular weight excluding hydrogens is 266 g/mol. The summed E-state index contributed by atoms with van der Waals surface area (Å²) >= 11 is 1.30. The topological polar surface area (TPSA) is 80.1 Å². The number of esters is 1. The van der Waals surface area contributed by atoms with Gasteiger partial charge in [0.25, 0.3) is 0 Å². The molecule has 7 heteroatoms. The normalized spacial score (nSPS) is 16.9. The molecule has 1 aromatic carbocycles. The molecule has 19 heavy (non-hydrogen) atoms. The van der Waals surface area contributed by atoms with Crippen LogP contribution in [0, 0.1) is 0 Å². The summed E-state index contributed by atoms with van der Waals surface area (Å²) in [5.41, 5.74) is 0.748. The molecule has 1 heterocycles. The number of benzene rings is 1. The molecule has 1 aromatic rings. The average molecular weight is 277 g/mol.